The number of carbonyl (C=O) groups excluding carboxylic acids is 1. The molecule has 1 fully saturated rings. The van der Waals surface area contributed by atoms with Gasteiger partial charge >= 0.3 is 0 Å². The summed E-state index contributed by atoms with van der Waals surface area (Å²) in [6.07, 6.45) is 5.28. The van der Waals surface area contributed by atoms with Crippen LogP contribution in [-0.2, 0) is 11.3 Å². The monoisotopic (exact) mass is 323 g/mol. The lowest BCUT2D eigenvalue weighted by Gasteiger charge is -2.19. The molecular weight excluding hydrogens is 306 g/mol. The number of pyridine rings is 1. The molecule has 118 valence electrons. The van der Waals surface area contributed by atoms with E-state index in [1.54, 1.807) is 24.3 Å². The minimum atomic E-state index is -0.0873. The van der Waals surface area contributed by atoms with Crippen molar-refractivity contribution in [1.82, 2.24) is 25.3 Å². The smallest absolute Gasteiger partial charge is 0.246 e. The molecule has 0 aromatic carbocycles. The summed E-state index contributed by atoms with van der Waals surface area (Å²) in [5, 5.41) is 7.10. The van der Waals surface area contributed by atoms with Gasteiger partial charge in [0, 0.05) is 25.0 Å². The Labute approximate surface area is 134 Å². The molecule has 0 aliphatic carbocycles. The summed E-state index contributed by atoms with van der Waals surface area (Å²) in [6.45, 7) is 1.21. The summed E-state index contributed by atoms with van der Waals surface area (Å²) < 4.78 is 5.20. The summed E-state index contributed by atoms with van der Waals surface area (Å²) in [5.74, 6) is 0.967. The van der Waals surface area contributed by atoms with Gasteiger partial charge in [0.05, 0.1) is 12.6 Å². The molecule has 3 rings (SSSR count). The molecule has 0 spiro atoms. The summed E-state index contributed by atoms with van der Waals surface area (Å²) in [5.41, 5.74) is 0.791. The molecule has 2 aromatic rings. The van der Waals surface area contributed by atoms with E-state index in [9.17, 15) is 4.79 Å². The van der Waals surface area contributed by atoms with Crippen molar-refractivity contribution in [2.24, 2.45) is 0 Å². The Kier molecular flexibility index (Phi) is 5.46. The first-order valence-corrected chi connectivity index (χ1v) is 6.95. The Balaban J connectivity index is 0.00000176. The molecule has 1 amide bonds. The second-order valence-electron chi connectivity index (χ2n) is 5.10. The highest BCUT2D eigenvalue weighted by Crippen LogP contribution is 2.15. The van der Waals surface area contributed by atoms with E-state index in [-0.39, 0.29) is 24.4 Å². The number of nitrogens with zero attached hydrogens (tertiary/aromatic N) is 4. The molecule has 3 heterocycles. The van der Waals surface area contributed by atoms with Crippen molar-refractivity contribution in [1.29, 1.82) is 0 Å². The van der Waals surface area contributed by atoms with Crippen molar-refractivity contribution in [3.05, 3.63) is 30.4 Å². The van der Waals surface area contributed by atoms with E-state index in [1.807, 2.05) is 12.1 Å². The number of aromatic nitrogens is 3. The van der Waals surface area contributed by atoms with Crippen molar-refractivity contribution in [2.75, 3.05) is 13.6 Å². The van der Waals surface area contributed by atoms with Crippen molar-refractivity contribution < 1.29 is 9.32 Å². The zero-order valence-corrected chi connectivity index (χ0v) is 13.0. The maximum atomic E-state index is 12.2. The number of halogens is 1. The van der Waals surface area contributed by atoms with Gasteiger partial charge in [-0.3, -0.25) is 9.78 Å². The van der Waals surface area contributed by atoms with Gasteiger partial charge in [0.2, 0.25) is 17.6 Å². The van der Waals surface area contributed by atoms with E-state index in [1.165, 1.54) is 0 Å². The Morgan fingerprint density at radius 2 is 2.41 bits per heavy atom. The summed E-state index contributed by atoms with van der Waals surface area (Å²) in [6, 6.07) is 3.59. The Hall–Kier alpha value is -1.99. The standard InChI is InChI=1S/C14H17N5O2.ClH/c1-19(14(20)11-5-3-7-16-11)9-12-17-13(18-21-12)10-4-2-6-15-8-10;/h2,4,6,8,11,16H,3,5,7,9H2,1H3;1H. The van der Waals surface area contributed by atoms with Crippen LogP contribution in [0.15, 0.2) is 29.0 Å². The van der Waals surface area contributed by atoms with Gasteiger partial charge in [0.1, 0.15) is 0 Å². The van der Waals surface area contributed by atoms with Crippen molar-refractivity contribution in [2.45, 2.75) is 25.4 Å². The molecule has 1 aliphatic rings. The normalized spacial score (nSPS) is 17.0. The maximum Gasteiger partial charge on any atom is 0.246 e. The highest BCUT2D eigenvalue weighted by atomic mass is 35.5. The average molecular weight is 324 g/mol. The quantitative estimate of drug-likeness (QED) is 0.912. The minimum absolute atomic E-state index is 0. The second-order valence-corrected chi connectivity index (χ2v) is 5.10. The minimum Gasteiger partial charge on any atom is -0.337 e. The number of carbonyl (C=O) groups is 1. The van der Waals surface area contributed by atoms with Crippen LogP contribution >= 0.6 is 12.4 Å². The van der Waals surface area contributed by atoms with Gasteiger partial charge in [-0.2, -0.15) is 4.98 Å². The fraction of sp³-hybridized carbons (Fsp3) is 0.429. The van der Waals surface area contributed by atoms with Crippen LogP contribution in [0.1, 0.15) is 18.7 Å². The zero-order valence-electron chi connectivity index (χ0n) is 12.2. The third-order valence-electron chi connectivity index (χ3n) is 3.49. The largest absolute Gasteiger partial charge is 0.337 e. The number of hydrogen-bond acceptors (Lipinski definition) is 6. The fourth-order valence-corrected chi connectivity index (χ4v) is 2.37. The topological polar surface area (TPSA) is 84.2 Å². The summed E-state index contributed by atoms with van der Waals surface area (Å²) in [7, 11) is 1.75. The van der Waals surface area contributed by atoms with Crippen molar-refractivity contribution in [3.8, 4) is 11.4 Å². The predicted molar refractivity (Wildman–Crippen MR) is 82.3 cm³/mol. The van der Waals surface area contributed by atoms with Gasteiger partial charge in [0.25, 0.3) is 0 Å². The second kappa shape index (κ2) is 7.33. The molecule has 1 saturated heterocycles. The molecule has 22 heavy (non-hydrogen) atoms. The van der Waals surface area contributed by atoms with Crippen LogP contribution < -0.4 is 5.32 Å². The number of likely N-dealkylation sites (N-methyl/N-ethyl adjacent to an activating group) is 1. The third kappa shape index (κ3) is 3.61. The van der Waals surface area contributed by atoms with Gasteiger partial charge in [-0.1, -0.05) is 5.16 Å². The first-order valence-electron chi connectivity index (χ1n) is 6.95. The summed E-state index contributed by atoms with van der Waals surface area (Å²) in [4.78, 5) is 22.1. The SMILES string of the molecule is CN(Cc1nc(-c2cccnc2)no1)C(=O)C1CCCN1.Cl. The molecule has 1 atom stereocenters. The number of amides is 1. The summed E-state index contributed by atoms with van der Waals surface area (Å²) >= 11 is 0. The Morgan fingerprint density at radius 1 is 1.55 bits per heavy atom. The zero-order chi connectivity index (χ0) is 14.7. The maximum absolute atomic E-state index is 12.2. The molecule has 1 N–H and O–H groups in total. The highest BCUT2D eigenvalue weighted by molar-refractivity contribution is 5.85. The average Bonchev–Trinajstić information content (AvgIpc) is 3.19. The predicted octanol–water partition coefficient (Wildman–Crippen LogP) is 1.26. The molecular formula is C14H18ClN5O2. The number of hydrogen-bond donors (Lipinski definition) is 1. The first-order chi connectivity index (χ1) is 10.2. The van der Waals surface area contributed by atoms with Gasteiger partial charge in [0.15, 0.2) is 0 Å². The van der Waals surface area contributed by atoms with E-state index >= 15 is 0 Å². The first kappa shape index (κ1) is 16.4. The third-order valence-corrected chi connectivity index (χ3v) is 3.49. The highest BCUT2D eigenvalue weighted by Gasteiger charge is 2.25. The fourth-order valence-electron chi connectivity index (χ4n) is 2.37. The van der Waals surface area contributed by atoms with Crippen LogP contribution in [-0.4, -0.2) is 45.6 Å². The van der Waals surface area contributed by atoms with E-state index in [2.05, 4.69) is 20.4 Å². The van der Waals surface area contributed by atoms with E-state index in [4.69, 9.17) is 4.52 Å². The van der Waals surface area contributed by atoms with Crippen LogP contribution in [0.4, 0.5) is 0 Å². The van der Waals surface area contributed by atoms with Crippen molar-refractivity contribution in [3.63, 3.8) is 0 Å². The Bertz CT molecular complexity index is 613. The lowest BCUT2D eigenvalue weighted by molar-refractivity contribution is -0.132. The van der Waals surface area contributed by atoms with Crippen LogP contribution in [0.2, 0.25) is 0 Å². The Morgan fingerprint density at radius 3 is 3.09 bits per heavy atom. The molecule has 0 saturated carbocycles. The molecule has 2 aromatic heterocycles. The number of nitrogens with one attached hydrogen (secondary N) is 1. The molecule has 1 unspecified atom stereocenters. The van der Waals surface area contributed by atoms with Crippen LogP contribution in [0.3, 0.4) is 0 Å². The molecule has 1 aliphatic heterocycles. The molecule has 0 bridgehead atoms. The molecule has 7 nitrogen and oxygen atoms in total. The molecule has 0 radical (unpaired) electrons. The van der Waals surface area contributed by atoms with E-state index in [0.717, 1.165) is 24.9 Å². The number of rotatable bonds is 4. The lowest BCUT2D eigenvalue weighted by Crippen LogP contribution is -2.41. The molecule has 8 heteroatoms. The van der Waals surface area contributed by atoms with Crippen LogP contribution in [0, 0.1) is 0 Å². The van der Waals surface area contributed by atoms with Gasteiger partial charge in [-0.25, -0.2) is 0 Å². The van der Waals surface area contributed by atoms with Crippen molar-refractivity contribution >= 4 is 18.3 Å². The van der Waals surface area contributed by atoms with Gasteiger partial charge in [-0.05, 0) is 31.5 Å². The van der Waals surface area contributed by atoms with Crippen LogP contribution in [0.25, 0.3) is 11.4 Å². The lowest BCUT2D eigenvalue weighted by atomic mass is 10.2. The van der Waals surface area contributed by atoms with E-state index in [0.29, 0.717) is 18.3 Å². The van der Waals surface area contributed by atoms with E-state index < -0.39 is 0 Å². The van der Waals surface area contributed by atoms with Gasteiger partial charge in [-0.15, -0.1) is 12.4 Å². The van der Waals surface area contributed by atoms with Crippen LogP contribution in [0.5, 0.6) is 0 Å². The van der Waals surface area contributed by atoms with Gasteiger partial charge < -0.3 is 14.7 Å².